The number of nitrogens with zero attached hydrogens (tertiary/aromatic N) is 3. The number of pyridine rings is 1. The first-order valence-corrected chi connectivity index (χ1v) is 10.2. The van der Waals surface area contributed by atoms with E-state index in [0.29, 0.717) is 10.7 Å². The van der Waals surface area contributed by atoms with E-state index in [0.717, 1.165) is 35.9 Å². The Hall–Kier alpha value is -3.26. The summed E-state index contributed by atoms with van der Waals surface area (Å²) in [7, 11) is 0. The first kappa shape index (κ1) is 20.5. The highest BCUT2D eigenvalue weighted by molar-refractivity contribution is 7.14. The third kappa shape index (κ3) is 5.17. The fraction of sp³-hybridized carbons (Fsp3) is 0.238. The Morgan fingerprint density at radius 3 is 2.34 bits per heavy atom. The number of nitrogens with one attached hydrogen (secondary N) is 2. The summed E-state index contributed by atoms with van der Waals surface area (Å²) >= 11 is 1.36. The minimum Gasteiger partial charge on any atom is -0.357 e. The Balaban J connectivity index is 1.66. The number of carbonyl (C=O) groups is 2. The lowest BCUT2D eigenvalue weighted by atomic mass is 10.1. The van der Waals surface area contributed by atoms with E-state index >= 15 is 0 Å². The molecule has 0 spiro atoms. The predicted octanol–water partition coefficient (Wildman–Crippen LogP) is 4.26. The molecule has 2 heterocycles. The molecular weight excluding hydrogens is 386 g/mol. The van der Waals surface area contributed by atoms with Gasteiger partial charge in [0.25, 0.3) is 5.91 Å². The van der Waals surface area contributed by atoms with Crippen LogP contribution < -0.4 is 15.5 Å². The molecule has 7 nitrogen and oxygen atoms in total. The molecule has 29 heavy (non-hydrogen) atoms. The minimum absolute atomic E-state index is 0.115. The van der Waals surface area contributed by atoms with Gasteiger partial charge < -0.3 is 10.2 Å². The molecule has 0 saturated carbocycles. The Bertz CT molecular complexity index is 979. The van der Waals surface area contributed by atoms with E-state index in [2.05, 4.69) is 39.3 Å². The second-order valence-corrected chi connectivity index (χ2v) is 7.19. The topological polar surface area (TPSA) is 87.2 Å². The molecule has 2 aromatic heterocycles. The van der Waals surface area contributed by atoms with Gasteiger partial charge in [0, 0.05) is 42.8 Å². The zero-order valence-corrected chi connectivity index (χ0v) is 17.4. The van der Waals surface area contributed by atoms with Gasteiger partial charge in [-0.3, -0.25) is 14.9 Å². The van der Waals surface area contributed by atoms with Gasteiger partial charge in [-0.2, -0.15) is 0 Å². The number of amides is 2. The molecule has 0 bridgehead atoms. The second kappa shape index (κ2) is 9.29. The molecule has 8 heteroatoms. The summed E-state index contributed by atoms with van der Waals surface area (Å²) in [6, 6.07) is 11.0. The molecule has 0 atom stereocenters. The highest BCUT2D eigenvalue weighted by atomic mass is 32.1. The lowest BCUT2D eigenvalue weighted by Crippen LogP contribution is -2.23. The van der Waals surface area contributed by atoms with Crippen LogP contribution in [0.2, 0.25) is 0 Å². The Labute approximate surface area is 173 Å². The summed E-state index contributed by atoms with van der Waals surface area (Å²) < 4.78 is 0. The monoisotopic (exact) mass is 409 g/mol. The summed E-state index contributed by atoms with van der Waals surface area (Å²) in [5.74, 6) is 0.493. The van der Waals surface area contributed by atoms with E-state index in [-0.39, 0.29) is 11.8 Å². The van der Waals surface area contributed by atoms with Crippen molar-refractivity contribution in [1.29, 1.82) is 0 Å². The molecule has 0 radical (unpaired) electrons. The maximum absolute atomic E-state index is 12.5. The van der Waals surface area contributed by atoms with Gasteiger partial charge in [0.1, 0.15) is 5.82 Å². The first-order valence-electron chi connectivity index (χ1n) is 9.36. The molecule has 0 aliphatic rings. The summed E-state index contributed by atoms with van der Waals surface area (Å²) in [5.41, 5.74) is 2.87. The van der Waals surface area contributed by atoms with E-state index < -0.39 is 0 Å². The van der Waals surface area contributed by atoms with Gasteiger partial charge in [-0.25, -0.2) is 9.97 Å². The largest absolute Gasteiger partial charge is 0.357 e. The van der Waals surface area contributed by atoms with Crippen LogP contribution in [0.15, 0.2) is 48.0 Å². The lowest BCUT2D eigenvalue weighted by Gasteiger charge is -2.19. The standard InChI is InChI=1S/C21H23N5O2S/c1-4-26(5-2)19-11-8-16(12-22-19)20(28)25-21-24-18(13-29-21)15-6-9-17(10-7-15)23-14(3)27/h6-13H,4-5H2,1-3H3,(H,23,27)(H,24,25,28). The van der Waals surface area contributed by atoms with Gasteiger partial charge in [-0.05, 0) is 38.1 Å². The van der Waals surface area contributed by atoms with E-state index in [4.69, 9.17) is 0 Å². The first-order chi connectivity index (χ1) is 14.0. The maximum atomic E-state index is 12.5. The normalized spacial score (nSPS) is 10.4. The van der Waals surface area contributed by atoms with Crippen LogP contribution in [0.3, 0.4) is 0 Å². The summed E-state index contributed by atoms with van der Waals surface area (Å²) in [5, 5.41) is 7.95. The third-order valence-corrected chi connectivity index (χ3v) is 5.08. The number of carbonyl (C=O) groups excluding carboxylic acids is 2. The second-order valence-electron chi connectivity index (χ2n) is 6.33. The van der Waals surface area contributed by atoms with Gasteiger partial charge >= 0.3 is 0 Å². The maximum Gasteiger partial charge on any atom is 0.259 e. The van der Waals surface area contributed by atoms with Crippen molar-refractivity contribution in [2.75, 3.05) is 28.6 Å². The Morgan fingerprint density at radius 2 is 1.76 bits per heavy atom. The van der Waals surface area contributed by atoms with Gasteiger partial charge in [-0.15, -0.1) is 11.3 Å². The molecule has 0 aliphatic heterocycles. The van der Waals surface area contributed by atoms with Crippen LogP contribution in [0.4, 0.5) is 16.6 Å². The predicted molar refractivity (Wildman–Crippen MR) is 118 cm³/mol. The summed E-state index contributed by atoms with van der Waals surface area (Å²) in [6.45, 7) is 7.33. The number of hydrogen-bond acceptors (Lipinski definition) is 6. The van der Waals surface area contributed by atoms with Gasteiger partial charge in [0.15, 0.2) is 5.13 Å². The summed E-state index contributed by atoms with van der Waals surface area (Å²) in [6.07, 6.45) is 1.58. The number of rotatable bonds is 7. The molecule has 0 aliphatic carbocycles. The van der Waals surface area contributed by atoms with Crippen LogP contribution >= 0.6 is 11.3 Å². The Kier molecular flexibility index (Phi) is 6.56. The zero-order valence-electron chi connectivity index (χ0n) is 16.6. The van der Waals surface area contributed by atoms with Crippen molar-refractivity contribution in [3.63, 3.8) is 0 Å². The van der Waals surface area contributed by atoms with Crippen LogP contribution in [-0.2, 0) is 4.79 Å². The molecule has 3 aromatic rings. The fourth-order valence-electron chi connectivity index (χ4n) is 2.82. The van der Waals surface area contributed by atoms with E-state index in [1.54, 1.807) is 12.3 Å². The van der Waals surface area contributed by atoms with Crippen molar-refractivity contribution in [1.82, 2.24) is 9.97 Å². The quantitative estimate of drug-likeness (QED) is 0.609. The van der Waals surface area contributed by atoms with Crippen LogP contribution in [0.25, 0.3) is 11.3 Å². The van der Waals surface area contributed by atoms with Crippen molar-refractivity contribution in [3.05, 3.63) is 53.5 Å². The zero-order chi connectivity index (χ0) is 20.8. The van der Waals surface area contributed by atoms with Crippen LogP contribution in [0.1, 0.15) is 31.1 Å². The molecule has 3 rings (SSSR count). The molecule has 2 N–H and O–H groups in total. The average molecular weight is 410 g/mol. The third-order valence-electron chi connectivity index (χ3n) is 4.32. The van der Waals surface area contributed by atoms with Crippen molar-refractivity contribution < 1.29 is 9.59 Å². The molecule has 2 amide bonds. The van der Waals surface area contributed by atoms with E-state index in [9.17, 15) is 9.59 Å². The smallest absolute Gasteiger partial charge is 0.259 e. The van der Waals surface area contributed by atoms with Gasteiger partial charge in [0.2, 0.25) is 5.91 Å². The number of thiazole rings is 1. The lowest BCUT2D eigenvalue weighted by molar-refractivity contribution is -0.114. The Morgan fingerprint density at radius 1 is 1.03 bits per heavy atom. The van der Waals surface area contributed by atoms with Crippen LogP contribution in [0.5, 0.6) is 0 Å². The molecule has 1 aromatic carbocycles. The van der Waals surface area contributed by atoms with Crippen molar-refractivity contribution in [2.45, 2.75) is 20.8 Å². The highest BCUT2D eigenvalue weighted by Gasteiger charge is 2.12. The average Bonchev–Trinajstić information content (AvgIpc) is 3.18. The fourth-order valence-corrected chi connectivity index (χ4v) is 3.53. The van der Waals surface area contributed by atoms with Gasteiger partial charge in [0.05, 0.1) is 11.3 Å². The molecule has 150 valence electrons. The van der Waals surface area contributed by atoms with Crippen molar-refractivity contribution >= 4 is 39.8 Å². The van der Waals surface area contributed by atoms with E-state index in [1.807, 2.05) is 35.7 Å². The number of aromatic nitrogens is 2. The summed E-state index contributed by atoms with van der Waals surface area (Å²) in [4.78, 5) is 34.6. The van der Waals surface area contributed by atoms with E-state index in [1.165, 1.54) is 18.3 Å². The molecular formula is C21H23N5O2S. The molecule has 0 fully saturated rings. The molecule has 0 saturated heterocycles. The minimum atomic E-state index is -0.245. The van der Waals surface area contributed by atoms with Crippen molar-refractivity contribution in [3.8, 4) is 11.3 Å². The number of anilines is 3. The molecule has 0 unspecified atom stereocenters. The van der Waals surface area contributed by atoms with Crippen LogP contribution in [-0.4, -0.2) is 34.9 Å². The SMILES string of the molecule is CCN(CC)c1ccc(C(=O)Nc2nc(-c3ccc(NC(C)=O)cc3)cs2)cn1. The van der Waals surface area contributed by atoms with Crippen LogP contribution in [0, 0.1) is 0 Å². The number of benzene rings is 1. The van der Waals surface area contributed by atoms with Gasteiger partial charge in [-0.1, -0.05) is 12.1 Å². The highest BCUT2D eigenvalue weighted by Crippen LogP contribution is 2.26. The number of hydrogen-bond donors (Lipinski definition) is 2. The van der Waals surface area contributed by atoms with Crippen molar-refractivity contribution in [2.24, 2.45) is 0 Å².